The van der Waals surface area contributed by atoms with Crippen molar-refractivity contribution in [3.8, 4) is 11.5 Å². The molecule has 5 heteroatoms. The molecule has 0 bridgehead atoms. The van der Waals surface area contributed by atoms with Crippen molar-refractivity contribution in [2.45, 2.75) is 6.92 Å². The van der Waals surface area contributed by atoms with Gasteiger partial charge in [-0.2, -0.15) is 0 Å². The van der Waals surface area contributed by atoms with E-state index < -0.39 is 0 Å². The maximum absolute atomic E-state index is 12.0. The SMILES string of the molecule is C=CCOc1ccc(NC(=O)CNc2ccc(OCC(=C)C)cc2)cc1. The molecule has 2 N–H and O–H groups in total. The lowest BCUT2D eigenvalue weighted by Gasteiger charge is -2.10. The summed E-state index contributed by atoms with van der Waals surface area (Å²) in [6, 6.07) is 14.6. The molecule has 0 unspecified atom stereocenters. The van der Waals surface area contributed by atoms with Gasteiger partial charge >= 0.3 is 0 Å². The van der Waals surface area contributed by atoms with Gasteiger partial charge < -0.3 is 20.1 Å². The van der Waals surface area contributed by atoms with Crippen LogP contribution in [-0.2, 0) is 4.79 Å². The molecule has 2 rings (SSSR count). The molecule has 5 nitrogen and oxygen atoms in total. The maximum atomic E-state index is 12.0. The molecule has 1 amide bonds. The number of carbonyl (C=O) groups excluding carboxylic acids is 1. The lowest BCUT2D eigenvalue weighted by molar-refractivity contribution is -0.114. The number of benzene rings is 2. The third-order valence-electron chi connectivity index (χ3n) is 3.30. The Labute approximate surface area is 154 Å². The standard InChI is InChI=1S/C21H24N2O3/c1-4-13-25-19-11-7-18(8-12-19)23-21(24)14-22-17-5-9-20(10-6-17)26-15-16(2)3/h4-12,22H,1-2,13-15H2,3H3,(H,23,24). The molecule has 0 spiro atoms. The van der Waals surface area contributed by atoms with E-state index in [-0.39, 0.29) is 12.5 Å². The summed E-state index contributed by atoms with van der Waals surface area (Å²) < 4.78 is 10.9. The van der Waals surface area contributed by atoms with Crippen molar-refractivity contribution >= 4 is 17.3 Å². The summed E-state index contributed by atoms with van der Waals surface area (Å²) in [4.78, 5) is 12.0. The number of amides is 1. The van der Waals surface area contributed by atoms with Gasteiger partial charge in [0.05, 0.1) is 6.54 Å². The van der Waals surface area contributed by atoms with E-state index in [4.69, 9.17) is 9.47 Å². The van der Waals surface area contributed by atoms with E-state index in [1.165, 1.54) is 0 Å². The Morgan fingerprint density at radius 1 is 1.00 bits per heavy atom. The molecular formula is C21H24N2O3. The van der Waals surface area contributed by atoms with E-state index >= 15 is 0 Å². The molecule has 2 aromatic carbocycles. The molecule has 0 heterocycles. The van der Waals surface area contributed by atoms with Crippen LogP contribution in [0.5, 0.6) is 11.5 Å². The highest BCUT2D eigenvalue weighted by atomic mass is 16.5. The van der Waals surface area contributed by atoms with E-state index in [1.807, 2.05) is 31.2 Å². The molecule has 0 saturated heterocycles. The van der Waals surface area contributed by atoms with Gasteiger partial charge in [0.25, 0.3) is 0 Å². The second kappa shape index (κ2) is 9.93. The summed E-state index contributed by atoms with van der Waals surface area (Å²) in [6.45, 7) is 10.4. The topological polar surface area (TPSA) is 59.6 Å². The zero-order valence-corrected chi connectivity index (χ0v) is 15.0. The highest BCUT2D eigenvalue weighted by Crippen LogP contribution is 2.17. The normalized spacial score (nSPS) is 9.88. The van der Waals surface area contributed by atoms with E-state index in [1.54, 1.807) is 30.3 Å². The minimum absolute atomic E-state index is 0.132. The van der Waals surface area contributed by atoms with Crippen molar-refractivity contribution in [1.82, 2.24) is 0 Å². The first-order valence-electron chi connectivity index (χ1n) is 8.31. The Morgan fingerprint density at radius 2 is 1.58 bits per heavy atom. The quantitative estimate of drug-likeness (QED) is 0.627. The van der Waals surface area contributed by atoms with Crippen molar-refractivity contribution < 1.29 is 14.3 Å². The predicted octanol–water partition coefficient (Wildman–Crippen LogP) is 4.26. The van der Waals surface area contributed by atoms with Crippen molar-refractivity contribution in [2.75, 3.05) is 30.4 Å². The third kappa shape index (κ3) is 6.73. The molecule has 0 aliphatic rings. The first-order valence-corrected chi connectivity index (χ1v) is 8.31. The van der Waals surface area contributed by atoms with Crippen LogP contribution in [0.3, 0.4) is 0 Å². The van der Waals surface area contributed by atoms with Crippen LogP contribution in [0.1, 0.15) is 6.92 Å². The van der Waals surface area contributed by atoms with E-state index in [2.05, 4.69) is 23.8 Å². The third-order valence-corrected chi connectivity index (χ3v) is 3.30. The van der Waals surface area contributed by atoms with Crippen LogP contribution in [0.15, 0.2) is 73.3 Å². The van der Waals surface area contributed by atoms with Gasteiger partial charge in [-0.1, -0.05) is 19.2 Å². The largest absolute Gasteiger partial charge is 0.490 e. The summed E-state index contributed by atoms with van der Waals surface area (Å²) >= 11 is 0. The van der Waals surface area contributed by atoms with Crippen LogP contribution >= 0.6 is 0 Å². The number of ether oxygens (including phenoxy) is 2. The zero-order valence-electron chi connectivity index (χ0n) is 15.0. The Kier molecular flexibility index (Phi) is 7.31. The molecular weight excluding hydrogens is 328 g/mol. The Morgan fingerprint density at radius 3 is 2.15 bits per heavy atom. The van der Waals surface area contributed by atoms with Gasteiger partial charge in [0, 0.05) is 11.4 Å². The van der Waals surface area contributed by atoms with Crippen LogP contribution in [0, 0.1) is 0 Å². The highest BCUT2D eigenvalue weighted by Gasteiger charge is 2.03. The fraction of sp³-hybridized carbons (Fsp3) is 0.190. The van der Waals surface area contributed by atoms with E-state index in [0.29, 0.717) is 18.9 Å². The van der Waals surface area contributed by atoms with Crippen LogP contribution in [-0.4, -0.2) is 25.7 Å². The van der Waals surface area contributed by atoms with Crippen LogP contribution < -0.4 is 20.1 Å². The van der Waals surface area contributed by atoms with Gasteiger partial charge in [-0.25, -0.2) is 0 Å². The summed E-state index contributed by atoms with van der Waals surface area (Å²) in [5.74, 6) is 1.36. The van der Waals surface area contributed by atoms with Gasteiger partial charge in [-0.15, -0.1) is 0 Å². The summed E-state index contributed by atoms with van der Waals surface area (Å²) in [5.41, 5.74) is 2.52. The molecule has 0 aromatic heterocycles. The molecule has 0 aliphatic carbocycles. The molecule has 0 aliphatic heterocycles. The number of nitrogens with one attached hydrogen (secondary N) is 2. The monoisotopic (exact) mass is 352 g/mol. The lowest BCUT2D eigenvalue weighted by Crippen LogP contribution is -2.21. The smallest absolute Gasteiger partial charge is 0.243 e. The van der Waals surface area contributed by atoms with Crippen molar-refractivity contribution in [3.63, 3.8) is 0 Å². The van der Waals surface area contributed by atoms with Crippen molar-refractivity contribution in [3.05, 3.63) is 73.3 Å². The van der Waals surface area contributed by atoms with Gasteiger partial charge in [0.15, 0.2) is 0 Å². The number of hydrogen-bond donors (Lipinski definition) is 2. The highest BCUT2D eigenvalue weighted by molar-refractivity contribution is 5.93. The fourth-order valence-corrected chi connectivity index (χ4v) is 2.05. The minimum atomic E-state index is -0.132. The van der Waals surface area contributed by atoms with Gasteiger partial charge in [-0.3, -0.25) is 4.79 Å². The minimum Gasteiger partial charge on any atom is -0.490 e. The van der Waals surface area contributed by atoms with Gasteiger partial charge in [0.2, 0.25) is 5.91 Å². The van der Waals surface area contributed by atoms with Crippen LogP contribution in [0.2, 0.25) is 0 Å². The Bertz CT molecular complexity index is 737. The van der Waals surface area contributed by atoms with E-state index in [9.17, 15) is 4.79 Å². The molecule has 0 fully saturated rings. The molecule has 0 saturated carbocycles. The number of rotatable bonds is 10. The average molecular weight is 352 g/mol. The summed E-state index contributed by atoms with van der Waals surface area (Å²) in [6.07, 6.45) is 1.68. The van der Waals surface area contributed by atoms with Crippen LogP contribution in [0.4, 0.5) is 11.4 Å². The van der Waals surface area contributed by atoms with Crippen molar-refractivity contribution in [2.24, 2.45) is 0 Å². The molecule has 0 atom stereocenters. The molecule has 26 heavy (non-hydrogen) atoms. The number of carbonyl (C=O) groups is 1. The van der Waals surface area contributed by atoms with Gasteiger partial charge in [-0.05, 0) is 61.0 Å². The molecule has 136 valence electrons. The lowest BCUT2D eigenvalue weighted by atomic mass is 10.3. The first-order chi connectivity index (χ1) is 12.6. The van der Waals surface area contributed by atoms with E-state index in [0.717, 1.165) is 22.8 Å². The maximum Gasteiger partial charge on any atom is 0.243 e. The zero-order chi connectivity index (χ0) is 18.8. The Balaban J connectivity index is 1.77. The van der Waals surface area contributed by atoms with Crippen LogP contribution in [0.25, 0.3) is 0 Å². The van der Waals surface area contributed by atoms with Gasteiger partial charge in [0.1, 0.15) is 24.7 Å². The average Bonchev–Trinajstić information content (AvgIpc) is 2.65. The van der Waals surface area contributed by atoms with Crippen molar-refractivity contribution in [1.29, 1.82) is 0 Å². The second-order valence-corrected chi connectivity index (χ2v) is 5.80. The molecule has 2 aromatic rings. The Hall–Kier alpha value is -3.21. The number of hydrogen-bond acceptors (Lipinski definition) is 4. The predicted molar refractivity (Wildman–Crippen MR) is 106 cm³/mol. The summed E-state index contributed by atoms with van der Waals surface area (Å²) in [5, 5.41) is 5.90. The summed E-state index contributed by atoms with van der Waals surface area (Å²) in [7, 11) is 0. The second-order valence-electron chi connectivity index (χ2n) is 5.80. The number of anilines is 2. The first kappa shape index (κ1) is 19.1. The molecule has 0 radical (unpaired) electrons. The fourth-order valence-electron chi connectivity index (χ4n) is 2.05.